The number of rotatable bonds is 4. The van der Waals surface area contributed by atoms with Crippen LogP contribution >= 0.6 is 0 Å². The Kier molecular flexibility index (Phi) is 3.90. The van der Waals surface area contributed by atoms with Gasteiger partial charge in [-0.3, -0.25) is 4.68 Å². The largest absolute Gasteiger partial charge is 0.507 e. The van der Waals surface area contributed by atoms with E-state index in [2.05, 4.69) is 17.3 Å². The average molecular weight is 259 g/mol. The Hall–Kier alpha value is -1.81. The minimum Gasteiger partial charge on any atom is -0.507 e. The molecule has 102 valence electrons. The van der Waals surface area contributed by atoms with Crippen molar-refractivity contribution in [2.24, 2.45) is 7.05 Å². The van der Waals surface area contributed by atoms with Gasteiger partial charge < -0.3 is 10.4 Å². The molecule has 0 fully saturated rings. The molecule has 0 saturated carbocycles. The van der Waals surface area contributed by atoms with Crippen LogP contribution in [-0.4, -0.2) is 14.9 Å². The number of benzene rings is 1. The summed E-state index contributed by atoms with van der Waals surface area (Å²) in [6, 6.07) is 5.82. The molecule has 0 aliphatic rings. The molecule has 19 heavy (non-hydrogen) atoms. The zero-order valence-corrected chi connectivity index (χ0v) is 12.0. The van der Waals surface area contributed by atoms with Crippen molar-refractivity contribution in [2.45, 2.75) is 33.9 Å². The Morgan fingerprint density at radius 1 is 1.21 bits per heavy atom. The molecule has 1 aromatic heterocycles. The number of nitrogens with zero attached hydrogens (tertiary/aromatic N) is 2. The number of phenols is 1. The van der Waals surface area contributed by atoms with E-state index < -0.39 is 0 Å². The van der Waals surface area contributed by atoms with Gasteiger partial charge in [0.1, 0.15) is 5.75 Å². The number of phenolic OH excluding ortho intramolecular Hbond substituents is 1. The zero-order valence-electron chi connectivity index (χ0n) is 12.0. The third kappa shape index (κ3) is 2.79. The molecule has 0 spiro atoms. The molecule has 0 amide bonds. The van der Waals surface area contributed by atoms with Crippen LogP contribution in [0.5, 0.6) is 5.75 Å². The lowest BCUT2D eigenvalue weighted by Crippen LogP contribution is -2.14. The van der Waals surface area contributed by atoms with Crippen molar-refractivity contribution < 1.29 is 5.11 Å². The molecule has 0 unspecified atom stereocenters. The van der Waals surface area contributed by atoms with E-state index in [0.29, 0.717) is 12.3 Å². The minimum absolute atomic E-state index is 0.384. The van der Waals surface area contributed by atoms with E-state index in [-0.39, 0.29) is 0 Å². The summed E-state index contributed by atoms with van der Waals surface area (Å²) >= 11 is 0. The van der Waals surface area contributed by atoms with Gasteiger partial charge in [-0.05, 0) is 26.3 Å². The maximum absolute atomic E-state index is 9.95. The Balaban J connectivity index is 2.02. The molecule has 4 nitrogen and oxygen atoms in total. The second-order valence-corrected chi connectivity index (χ2v) is 4.96. The molecule has 0 aliphatic carbocycles. The topological polar surface area (TPSA) is 50.1 Å². The van der Waals surface area contributed by atoms with E-state index >= 15 is 0 Å². The summed E-state index contributed by atoms with van der Waals surface area (Å²) in [6.45, 7) is 7.42. The van der Waals surface area contributed by atoms with E-state index in [1.165, 1.54) is 11.3 Å². The van der Waals surface area contributed by atoms with E-state index in [1.54, 1.807) is 0 Å². The van der Waals surface area contributed by atoms with Crippen molar-refractivity contribution >= 4 is 0 Å². The van der Waals surface area contributed by atoms with Crippen LogP contribution in [0.4, 0.5) is 0 Å². The van der Waals surface area contributed by atoms with E-state index in [0.717, 1.165) is 23.4 Å². The van der Waals surface area contributed by atoms with Gasteiger partial charge >= 0.3 is 0 Å². The van der Waals surface area contributed by atoms with Gasteiger partial charge in [0.15, 0.2) is 0 Å². The SMILES string of the molecule is Cc1cccc(CNCc2c(C)nn(C)c2C)c1O. The quantitative estimate of drug-likeness (QED) is 0.886. The van der Waals surface area contributed by atoms with Crippen LogP contribution in [0.25, 0.3) is 0 Å². The highest BCUT2D eigenvalue weighted by molar-refractivity contribution is 5.39. The highest BCUT2D eigenvalue weighted by atomic mass is 16.3. The Morgan fingerprint density at radius 2 is 1.95 bits per heavy atom. The summed E-state index contributed by atoms with van der Waals surface area (Å²) in [5.41, 5.74) is 5.31. The van der Waals surface area contributed by atoms with E-state index in [4.69, 9.17) is 0 Å². The van der Waals surface area contributed by atoms with Crippen molar-refractivity contribution in [1.82, 2.24) is 15.1 Å². The van der Waals surface area contributed by atoms with Crippen molar-refractivity contribution in [2.75, 3.05) is 0 Å². The molecule has 0 aliphatic heterocycles. The number of aromatic hydroxyl groups is 1. The first-order valence-electron chi connectivity index (χ1n) is 6.48. The number of hydrogen-bond donors (Lipinski definition) is 2. The lowest BCUT2D eigenvalue weighted by molar-refractivity contribution is 0.460. The number of aryl methyl sites for hydroxylation is 3. The number of para-hydroxylation sites is 1. The van der Waals surface area contributed by atoms with E-state index in [9.17, 15) is 5.11 Å². The van der Waals surface area contributed by atoms with Crippen LogP contribution in [0.2, 0.25) is 0 Å². The molecule has 1 aromatic carbocycles. The Bertz CT molecular complexity index is 587. The first-order valence-corrected chi connectivity index (χ1v) is 6.48. The predicted molar refractivity (Wildman–Crippen MR) is 76.1 cm³/mol. The van der Waals surface area contributed by atoms with Crippen molar-refractivity contribution in [3.05, 3.63) is 46.3 Å². The fraction of sp³-hybridized carbons (Fsp3) is 0.400. The fourth-order valence-electron chi connectivity index (χ4n) is 2.26. The monoisotopic (exact) mass is 259 g/mol. The molecule has 0 atom stereocenters. The summed E-state index contributed by atoms with van der Waals surface area (Å²) in [5, 5.41) is 17.7. The summed E-state index contributed by atoms with van der Waals surface area (Å²) in [4.78, 5) is 0. The normalized spacial score (nSPS) is 10.9. The van der Waals surface area contributed by atoms with Crippen LogP contribution in [0, 0.1) is 20.8 Å². The number of hydrogen-bond acceptors (Lipinski definition) is 3. The number of aromatic nitrogens is 2. The third-order valence-corrected chi connectivity index (χ3v) is 3.60. The van der Waals surface area contributed by atoms with Crippen LogP contribution in [0.3, 0.4) is 0 Å². The van der Waals surface area contributed by atoms with Crippen molar-refractivity contribution in [3.63, 3.8) is 0 Å². The molecule has 2 aromatic rings. The number of nitrogens with one attached hydrogen (secondary N) is 1. The van der Waals surface area contributed by atoms with Gasteiger partial charge in [0, 0.05) is 37.0 Å². The third-order valence-electron chi connectivity index (χ3n) is 3.60. The maximum Gasteiger partial charge on any atom is 0.122 e. The smallest absolute Gasteiger partial charge is 0.122 e. The lowest BCUT2D eigenvalue weighted by Gasteiger charge is -2.09. The summed E-state index contributed by atoms with van der Waals surface area (Å²) in [5.74, 6) is 0.384. The van der Waals surface area contributed by atoms with Crippen molar-refractivity contribution in [3.8, 4) is 5.75 Å². The molecule has 0 radical (unpaired) electrons. The first kappa shape index (κ1) is 13.6. The molecule has 0 bridgehead atoms. The van der Waals surface area contributed by atoms with Gasteiger partial charge in [0.05, 0.1) is 5.69 Å². The highest BCUT2D eigenvalue weighted by Crippen LogP contribution is 2.21. The van der Waals surface area contributed by atoms with E-state index in [1.807, 2.05) is 43.8 Å². The minimum atomic E-state index is 0.384. The molecular formula is C15H21N3O. The second kappa shape index (κ2) is 5.45. The van der Waals surface area contributed by atoms with Crippen LogP contribution in [0.15, 0.2) is 18.2 Å². The Labute approximate surface area is 114 Å². The van der Waals surface area contributed by atoms with Gasteiger partial charge in [-0.25, -0.2) is 0 Å². The predicted octanol–water partition coefficient (Wildman–Crippen LogP) is 2.34. The Morgan fingerprint density at radius 3 is 2.58 bits per heavy atom. The second-order valence-electron chi connectivity index (χ2n) is 4.96. The van der Waals surface area contributed by atoms with Gasteiger partial charge in [0.2, 0.25) is 0 Å². The van der Waals surface area contributed by atoms with Gasteiger partial charge in [0.25, 0.3) is 0 Å². The zero-order chi connectivity index (χ0) is 14.0. The summed E-state index contributed by atoms with van der Waals surface area (Å²) in [6.07, 6.45) is 0. The molecule has 2 rings (SSSR count). The van der Waals surface area contributed by atoms with Crippen LogP contribution in [0.1, 0.15) is 28.1 Å². The van der Waals surface area contributed by atoms with Crippen molar-refractivity contribution in [1.29, 1.82) is 0 Å². The molecule has 1 heterocycles. The first-order chi connectivity index (χ1) is 9.00. The lowest BCUT2D eigenvalue weighted by atomic mass is 10.1. The standard InChI is InChI=1S/C15H21N3O/c1-10-6-5-7-13(15(10)19)8-16-9-14-11(2)17-18(4)12(14)3/h5-7,16,19H,8-9H2,1-4H3. The maximum atomic E-state index is 9.95. The molecular weight excluding hydrogens is 238 g/mol. The van der Waals surface area contributed by atoms with Crippen LogP contribution < -0.4 is 5.32 Å². The van der Waals surface area contributed by atoms with Gasteiger partial charge in [-0.1, -0.05) is 18.2 Å². The molecule has 0 saturated heterocycles. The van der Waals surface area contributed by atoms with Crippen LogP contribution in [-0.2, 0) is 20.1 Å². The average Bonchev–Trinajstić information content (AvgIpc) is 2.61. The van der Waals surface area contributed by atoms with Gasteiger partial charge in [-0.2, -0.15) is 5.10 Å². The summed E-state index contributed by atoms with van der Waals surface area (Å²) in [7, 11) is 1.96. The highest BCUT2D eigenvalue weighted by Gasteiger charge is 2.09. The fourth-order valence-corrected chi connectivity index (χ4v) is 2.26. The molecule has 4 heteroatoms. The summed E-state index contributed by atoms with van der Waals surface area (Å²) < 4.78 is 1.90. The molecule has 2 N–H and O–H groups in total. The van der Waals surface area contributed by atoms with Gasteiger partial charge in [-0.15, -0.1) is 0 Å².